The average Bonchev–Trinajstić information content (AvgIpc) is 2.72. The molecule has 0 saturated heterocycles. The maximum atomic E-state index is 11.6. The molecule has 3 heteroatoms. The molecule has 0 spiro atoms. The molecule has 0 unspecified atom stereocenters. The van der Waals surface area contributed by atoms with E-state index >= 15 is 0 Å². The molecule has 0 fully saturated rings. The van der Waals surface area contributed by atoms with Gasteiger partial charge in [0.15, 0.2) is 6.29 Å². The Labute approximate surface area is 189 Å². The molecule has 0 radical (unpaired) electrons. The highest BCUT2D eigenvalue weighted by atomic mass is 32.2. The van der Waals surface area contributed by atoms with E-state index in [4.69, 9.17) is 0 Å². The first-order valence-electron chi connectivity index (χ1n) is 12.0. The molecule has 1 aromatic rings. The minimum atomic E-state index is 0.921. The maximum absolute atomic E-state index is 11.6. The van der Waals surface area contributed by atoms with Crippen LogP contribution in [-0.2, 0) is 11.5 Å². The summed E-state index contributed by atoms with van der Waals surface area (Å²) in [7, 11) is 0. The summed E-state index contributed by atoms with van der Waals surface area (Å²) in [6.07, 6.45) is 17.4. The van der Waals surface area contributed by atoms with Gasteiger partial charge in [-0.25, -0.2) is 0 Å². The summed E-state index contributed by atoms with van der Waals surface area (Å²) in [5, 5.41) is 0. The minimum Gasteiger partial charge on any atom is -0.298 e. The van der Waals surface area contributed by atoms with Crippen LogP contribution in [0.15, 0.2) is 12.1 Å². The van der Waals surface area contributed by atoms with E-state index in [1.807, 2.05) is 23.5 Å². The predicted octanol–water partition coefficient (Wildman–Crippen LogP) is 8.99. The highest BCUT2D eigenvalue weighted by Gasteiger charge is 2.08. The van der Waals surface area contributed by atoms with Gasteiger partial charge in [-0.3, -0.25) is 4.79 Å². The molecule has 0 aromatic heterocycles. The second kappa shape index (κ2) is 18.4. The van der Waals surface area contributed by atoms with Gasteiger partial charge in [0.2, 0.25) is 0 Å². The molecule has 0 saturated carbocycles. The summed E-state index contributed by atoms with van der Waals surface area (Å²) < 4.78 is 0. The molecule has 1 aromatic carbocycles. The van der Waals surface area contributed by atoms with E-state index in [1.165, 1.54) is 99.7 Å². The number of hydrogen-bond acceptors (Lipinski definition) is 3. The fraction of sp³-hybridized carbons (Fsp3) is 0.731. The summed E-state index contributed by atoms with van der Waals surface area (Å²) in [4.78, 5) is 11.6. The zero-order valence-electron chi connectivity index (χ0n) is 19.3. The van der Waals surface area contributed by atoms with Crippen molar-refractivity contribution in [2.24, 2.45) is 0 Å². The molecule has 166 valence electrons. The van der Waals surface area contributed by atoms with Crippen molar-refractivity contribution < 1.29 is 4.79 Å². The Morgan fingerprint density at radius 3 is 1.79 bits per heavy atom. The second-order valence-corrected chi connectivity index (χ2v) is 10.5. The van der Waals surface area contributed by atoms with Crippen LogP contribution < -0.4 is 0 Å². The van der Waals surface area contributed by atoms with Gasteiger partial charge in [0, 0.05) is 17.1 Å². The summed E-state index contributed by atoms with van der Waals surface area (Å²) in [5.41, 5.74) is 4.70. The lowest BCUT2D eigenvalue weighted by Crippen LogP contribution is -1.98. The Bertz CT molecular complexity index is 542. The van der Waals surface area contributed by atoms with Crippen LogP contribution in [0, 0.1) is 6.92 Å². The first-order chi connectivity index (χ1) is 14.2. The van der Waals surface area contributed by atoms with E-state index in [0.717, 1.165) is 28.9 Å². The standard InChI is InChI=1S/C26H44OS2/c1-4-6-8-10-12-14-16-28-21-24-18-23(3)26(20-27)25(19-24)22-29-17-15-13-11-9-7-5-2/h18-20H,4-17,21-22H2,1-3H3. The van der Waals surface area contributed by atoms with Gasteiger partial charge in [0.05, 0.1) is 0 Å². The molecule has 0 amide bonds. The number of thioether (sulfide) groups is 2. The van der Waals surface area contributed by atoms with Gasteiger partial charge in [-0.1, -0.05) is 90.2 Å². The van der Waals surface area contributed by atoms with Crippen LogP contribution in [0.2, 0.25) is 0 Å². The first-order valence-corrected chi connectivity index (χ1v) is 14.3. The van der Waals surface area contributed by atoms with Crippen LogP contribution in [0.3, 0.4) is 0 Å². The van der Waals surface area contributed by atoms with E-state index in [2.05, 4.69) is 32.9 Å². The monoisotopic (exact) mass is 436 g/mol. The topological polar surface area (TPSA) is 17.1 Å². The summed E-state index contributed by atoms with van der Waals surface area (Å²) >= 11 is 4.04. The normalized spacial score (nSPS) is 11.1. The van der Waals surface area contributed by atoms with Gasteiger partial charge in [-0.15, -0.1) is 0 Å². The minimum absolute atomic E-state index is 0.921. The van der Waals surface area contributed by atoms with Crippen molar-refractivity contribution >= 4 is 29.8 Å². The molecule has 1 rings (SSSR count). The molecule has 0 aliphatic rings. The fourth-order valence-corrected chi connectivity index (χ4v) is 5.63. The first kappa shape index (κ1) is 26.6. The van der Waals surface area contributed by atoms with E-state index in [9.17, 15) is 4.79 Å². The average molecular weight is 437 g/mol. The summed E-state index contributed by atoms with van der Waals surface area (Å²) in [6.45, 7) is 6.63. The van der Waals surface area contributed by atoms with Crippen molar-refractivity contribution in [1.82, 2.24) is 0 Å². The lowest BCUT2D eigenvalue weighted by Gasteiger charge is -2.12. The zero-order valence-corrected chi connectivity index (χ0v) is 20.9. The number of aldehydes is 1. The SMILES string of the molecule is CCCCCCCCSCc1cc(C)c(C=O)c(CSCCCCCCCC)c1. The molecule has 0 atom stereocenters. The number of benzene rings is 1. The molecule has 0 bridgehead atoms. The molecule has 0 N–H and O–H groups in total. The van der Waals surface area contributed by atoms with Gasteiger partial charge in [0.1, 0.15) is 0 Å². The summed E-state index contributed by atoms with van der Waals surface area (Å²) in [5.74, 6) is 4.51. The van der Waals surface area contributed by atoms with Gasteiger partial charge < -0.3 is 0 Å². The van der Waals surface area contributed by atoms with Crippen LogP contribution in [0.1, 0.15) is 118 Å². The number of carbonyl (C=O) groups is 1. The van der Waals surface area contributed by atoms with Crippen LogP contribution in [0.4, 0.5) is 0 Å². The fourth-order valence-electron chi connectivity index (χ4n) is 3.66. The Balaban J connectivity index is 2.34. The van der Waals surface area contributed by atoms with Crippen molar-refractivity contribution in [3.05, 3.63) is 34.4 Å². The lowest BCUT2D eigenvalue weighted by molar-refractivity contribution is 0.112. The molecule has 0 aliphatic heterocycles. The Morgan fingerprint density at radius 1 is 0.724 bits per heavy atom. The van der Waals surface area contributed by atoms with Crippen LogP contribution in [-0.4, -0.2) is 17.8 Å². The smallest absolute Gasteiger partial charge is 0.150 e. The van der Waals surface area contributed by atoms with Crippen molar-refractivity contribution in [3.8, 4) is 0 Å². The molecule has 29 heavy (non-hydrogen) atoms. The third-order valence-electron chi connectivity index (χ3n) is 5.46. The Kier molecular flexibility index (Phi) is 16.9. The van der Waals surface area contributed by atoms with Gasteiger partial charge >= 0.3 is 0 Å². The van der Waals surface area contributed by atoms with Crippen LogP contribution in [0.5, 0.6) is 0 Å². The largest absolute Gasteiger partial charge is 0.298 e. The van der Waals surface area contributed by atoms with Gasteiger partial charge in [0.25, 0.3) is 0 Å². The highest BCUT2D eigenvalue weighted by Crippen LogP contribution is 2.24. The number of rotatable bonds is 19. The highest BCUT2D eigenvalue weighted by molar-refractivity contribution is 7.98. The van der Waals surface area contributed by atoms with Crippen molar-refractivity contribution in [1.29, 1.82) is 0 Å². The number of hydrogen-bond donors (Lipinski definition) is 0. The van der Waals surface area contributed by atoms with Crippen LogP contribution in [0.25, 0.3) is 0 Å². The number of carbonyl (C=O) groups excluding carboxylic acids is 1. The number of aryl methyl sites for hydroxylation is 1. The predicted molar refractivity (Wildman–Crippen MR) is 136 cm³/mol. The van der Waals surface area contributed by atoms with E-state index in [0.29, 0.717) is 0 Å². The Morgan fingerprint density at radius 2 is 1.24 bits per heavy atom. The second-order valence-electron chi connectivity index (χ2n) is 8.24. The molecular weight excluding hydrogens is 392 g/mol. The molecule has 0 heterocycles. The summed E-state index contributed by atoms with van der Waals surface area (Å²) in [6, 6.07) is 4.51. The van der Waals surface area contributed by atoms with Gasteiger partial charge in [-0.05, 0) is 48.0 Å². The van der Waals surface area contributed by atoms with Crippen molar-refractivity contribution in [3.63, 3.8) is 0 Å². The third-order valence-corrected chi connectivity index (χ3v) is 7.67. The quantitative estimate of drug-likeness (QED) is 0.159. The Hall–Kier alpha value is -0.410. The van der Waals surface area contributed by atoms with Gasteiger partial charge in [-0.2, -0.15) is 23.5 Å². The lowest BCUT2D eigenvalue weighted by atomic mass is 10.0. The van der Waals surface area contributed by atoms with Crippen molar-refractivity contribution in [2.45, 2.75) is 109 Å². The van der Waals surface area contributed by atoms with Crippen LogP contribution >= 0.6 is 23.5 Å². The maximum Gasteiger partial charge on any atom is 0.150 e. The zero-order chi connectivity index (χ0) is 21.2. The van der Waals surface area contributed by atoms with E-state index < -0.39 is 0 Å². The molecular formula is C26H44OS2. The van der Waals surface area contributed by atoms with E-state index in [-0.39, 0.29) is 0 Å². The third kappa shape index (κ3) is 12.8. The molecule has 0 aliphatic carbocycles. The van der Waals surface area contributed by atoms with E-state index in [1.54, 1.807) is 0 Å². The molecule has 1 nitrogen and oxygen atoms in total. The van der Waals surface area contributed by atoms with Crippen molar-refractivity contribution in [2.75, 3.05) is 11.5 Å². The number of unbranched alkanes of at least 4 members (excludes halogenated alkanes) is 10.